The Morgan fingerprint density at radius 1 is 1.12 bits per heavy atom. The molecule has 0 saturated heterocycles. The predicted octanol–water partition coefficient (Wildman–Crippen LogP) is 4.26. The van der Waals surface area contributed by atoms with Crippen LogP contribution in [0.4, 0.5) is 5.69 Å². The summed E-state index contributed by atoms with van der Waals surface area (Å²) < 4.78 is 2.05. The van der Waals surface area contributed by atoms with Gasteiger partial charge in [0.15, 0.2) is 0 Å². The Balaban J connectivity index is 1.09. The van der Waals surface area contributed by atoms with Gasteiger partial charge in [0.2, 0.25) is 0 Å². The summed E-state index contributed by atoms with van der Waals surface area (Å²) in [5, 5.41) is 10.6. The normalized spacial score (nSPS) is 27.6. The molecule has 4 aliphatic carbocycles. The lowest BCUT2D eigenvalue weighted by molar-refractivity contribution is -0.0503. The third-order valence-electron chi connectivity index (χ3n) is 8.08. The van der Waals surface area contributed by atoms with Gasteiger partial charge in [-0.3, -0.25) is 4.79 Å². The zero-order valence-corrected chi connectivity index (χ0v) is 20.3. The Morgan fingerprint density at radius 3 is 2.52 bits per heavy atom. The number of aromatic nitrogens is 2. The summed E-state index contributed by atoms with van der Waals surface area (Å²) >= 11 is 6.40. The maximum atomic E-state index is 13.0. The topological polar surface area (TPSA) is 71.0 Å². The van der Waals surface area contributed by atoms with Crippen LogP contribution in [0.3, 0.4) is 0 Å². The Morgan fingerprint density at radius 2 is 1.85 bits per heavy atom. The molecular formula is C26H36ClN5O. The molecule has 1 aromatic carbocycles. The molecule has 2 aromatic rings. The van der Waals surface area contributed by atoms with Crippen LogP contribution in [0.25, 0.3) is 0 Å². The number of aryl methyl sites for hydroxylation is 1. The lowest BCUT2D eigenvalue weighted by Gasteiger charge is -2.56. The third kappa shape index (κ3) is 5.22. The van der Waals surface area contributed by atoms with Gasteiger partial charge in [0.05, 0.1) is 10.6 Å². The first-order valence-corrected chi connectivity index (χ1v) is 12.9. The Kier molecular flexibility index (Phi) is 6.66. The van der Waals surface area contributed by atoms with Crippen molar-refractivity contribution in [2.24, 2.45) is 30.2 Å². The van der Waals surface area contributed by atoms with Crippen molar-refractivity contribution in [2.45, 2.75) is 44.9 Å². The molecule has 4 aliphatic rings. The zero-order chi connectivity index (χ0) is 22.8. The van der Waals surface area contributed by atoms with Gasteiger partial charge in [0.25, 0.3) is 5.91 Å². The number of benzene rings is 1. The van der Waals surface area contributed by atoms with Crippen molar-refractivity contribution in [2.75, 3.05) is 31.5 Å². The van der Waals surface area contributed by atoms with E-state index in [0.29, 0.717) is 16.0 Å². The molecule has 4 saturated carbocycles. The molecule has 4 fully saturated rings. The van der Waals surface area contributed by atoms with Gasteiger partial charge in [-0.05, 0) is 79.9 Å². The van der Waals surface area contributed by atoms with Gasteiger partial charge in [0, 0.05) is 57.7 Å². The van der Waals surface area contributed by atoms with Crippen LogP contribution in [0.15, 0.2) is 30.6 Å². The van der Waals surface area contributed by atoms with Crippen LogP contribution in [-0.2, 0) is 13.5 Å². The number of hydrogen-bond acceptors (Lipinski definition) is 4. The van der Waals surface area contributed by atoms with Gasteiger partial charge in [-0.25, -0.2) is 4.98 Å². The minimum atomic E-state index is -0.0485. The first-order chi connectivity index (χ1) is 16.0. The first-order valence-electron chi connectivity index (χ1n) is 12.5. The van der Waals surface area contributed by atoms with E-state index in [4.69, 9.17) is 11.6 Å². The fraction of sp³-hybridized carbons (Fsp3) is 0.615. The predicted molar refractivity (Wildman–Crippen MR) is 133 cm³/mol. The number of carbonyl (C=O) groups is 1. The van der Waals surface area contributed by atoms with Gasteiger partial charge >= 0.3 is 0 Å². The van der Waals surface area contributed by atoms with E-state index in [2.05, 4.69) is 20.9 Å². The number of rotatable bonds is 10. The standard InChI is InChI=1S/C26H36ClN5O/c1-32-9-8-30-24(32)4-5-28-6-7-29-21-2-3-23(27)22(13-21)25(33)31-17-26-14-18-10-19(15-26)12-20(11-18)16-26/h2-3,8-9,13,18-20,28-29H,4-7,10-12,14-17H2,1H3,(H,31,33). The number of hydrogen-bond donors (Lipinski definition) is 3. The molecule has 1 heterocycles. The van der Waals surface area contributed by atoms with Crippen molar-refractivity contribution >= 4 is 23.2 Å². The van der Waals surface area contributed by atoms with Crippen LogP contribution in [0.1, 0.15) is 54.7 Å². The highest BCUT2D eigenvalue weighted by Gasteiger charge is 2.50. The SMILES string of the molecule is Cn1ccnc1CCNCCNc1ccc(Cl)c(C(=O)NCC23CC4CC(CC(C4)C2)C3)c1. The second-order valence-corrected chi connectivity index (χ2v) is 11.1. The molecular weight excluding hydrogens is 434 g/mol. The largest absolute Gasteiger partial charge is 0.384 e. The monoisotopic (exact) mass is 469 g/mol. The van der Waals surface area contributed by atoms with Crippen LogP contribution in [0, 0.1) is 23.2 Å². The summed E-state index contributed by atoms with van der Waals surface area (Å²) in [5.41, 5.74) is 1.81. The summed E-state index contributed by atoms with van der Waals surface area (Å²) in [6, 6.07) is 5.63. The molecule has 3 N–H and O–H groups in total. The van der Waals surface area contributed by atoms with Gasteiger partial charge < -0.3 is 20.5 Å². The molecule has 178 valence electrons. The molecule has 0 atom stereocenters. The van der Waals surface area contributed by atoms with Crippen LogP contribution < -0.4 is 16.0 Å². The van der Waals surface area contributed by atoms with Gasteiger partial charge in [-0.1, -0.05) is 11.6 Å². The lowest BCUT2D eigenvalue weighted by Crippen LogP contribution is -2.51. The number of nitrogens with one attached hydrogen (secondary N) is 3. The van der Waals surface area contributed by atoms with Crippen LogP contribution in [0.2, 0.25) is 5.02 Å². The van der Waals surface area contributed by atoms with Gasteiger partial charge in [0.1, 0.15) is 5.82 Å². The summed E-state index contributed by atoms with van der Waals surface area (Å²) in [6.07, 6.45) is 12.8. The highest BCUT2D eigenvalue weighted by atomic mass is 35.5. The number of amides is 1. The molecule has 1 aromatic heterocycles. The molecule has 0 spiro atoms. The molecule has 6 nitrogen and oxygen atoms in total. The number of anilines is 1. The summed E-state index contributed by atoms with van der Waals surface area (Å²) in [7, 11) is 2.02. The fourth-order valence-electron chi connectivity index (χ4n) is 6.94. The molecule has 1 amide bonds. The minimum absolute atomic E-state index is 0.0485. The molecule has 0 unspecified atom stereocenters. The van der Waals surface area contributed by atoms with Crippen LogP contribution >= 0.6 is 11.6 Å². The van der Waals surface area contributed by atoms with Gasteiger partial charge in [-0.2, -0.15) is 0 Å². The van der Waals surface area contributed by atoms with E-state index < -0.39 is 0 Å². The number of carbonyl (C=O) groups excluding carboxylic acids is 1. The summed E-state index contributed by atoms with van der Waals surface area (Å²) in [4.78, 5) is 17.4. The quantitative estimate of drug-likeness (QED) is 0.454. The Labute approximate surface area is 201 Å². The van der Waals surface area contributed by atoms with E-state index in [9.17, 15) is 4.79 Å². The number of nitrogens with zero attached hydrogens (tertiary/aromatic N) is 2. The van der Waals surface area contributed by atoms with Crippen molar-refractivity contribution in [3.05, 3.63) is 47.0 Å². The van der Waals surface area contributed by atoms with Crippen LogP contribution in [0.5, 0.6) is 0 Å². The highest BCUT2D eigenvalue weighted by molar-refractivity contribution is 6.34. The van der Waals surface area contributed by atoms with Crippen molar-refractivity contribution in [3.8, 4) is 0 Å². The van der Waals surface area contributed by atoms with E-state index in [1.807, 2.05) is 42.2 Å². The van der Waals surface area contributed by atoms with Crippen molar-refractivity contribution in [1.82, 2.24) is 20.2 Å². The summed E-state index contributed by atoms with van der Waals surface area (Å²) in [5.74, 6) is 3.70. The van der Waals surface area contributed by atoms with E-state index in [-0.39, 0.29) is 5.91 Å². The fourth-order valence-corrected chi connectivity index (χ4v) is 7.14. The molecule has 6 rings (SSSR count). The molecule has 0 radical (unpaired) electrons. The maximum absolute atomic E-state index is 13.0. The van der Waals surface area contributed by atoms with Crippen LogP contribution in [-0.4, -0.2) is 41.6 Å². The first kappa shape index (κ1) is 22.7. The Hall–Kier alpha value is -2.05. The highest BCUT2D eigenvalue weighted by Crippen LogP contribution is 2.59. The van der Waals surface area contributed by atoms with E-state index in [0.717, 1.165) is 61.9 Å². The lowest BCUT2D eigenvalue weighted by atomic mass is 9.49. The molecule has 4 bridgehead atoms. The minimum Gasteiger partial charge on any atom is -0.384 e. The smallest absolute Gasteiger partial charge is 0.252 e. The Bertz CT molecular complexity index is 952. The summed E-state index contributed by atoms with van der Waals surface area (Å²) in [6.45, 7) is 3.28. The third-order valence-corrected chi connectivity index (χ3v) is 8.41. The van der Waals surface area contributed by atoms with Gasteiger partial charge in [-0.15, -0.1) is 0 Å². The van der Waals surface area contributed by atoms with Crippen molar-refractivity contribution < 1.29 is 4.79 Å². The maximum Gasteiger partial charge on any atom is 0.252 e. The average molecular weight is 470 g/mol. The average Bonchev–Trinajstić information content (AvgIpc) is 3.19. The van der Waals surface area contributed by atoms with E-state index in [1.54, 1.807) is 0 Å². The van der Waals surface area contributed by atoms with Crippen molar-refractivity contribution in [3.63, 3.8) is 0 Å². The van der Waals surface area contributed by atoms with E-state index >= 15 is 0 Å². The molecule has 7 heteroatoms. The van der Waals surface area contributed by atoms with E-state index in [1.165, 1.54) is 38.5 Å². The second kappa shape index (κ2) is 9.67. The number of imidazole rings is 1. The van der Waals surface area contributed by atoms with Crippen molar-refractivity contribution in [1.29, 1.82) is 0 Å². The molecule has 0 aliphatic heterocycles. The number of halogens is 1. The zero-order valence-electron chi connectivity index (χ0n) is 19.6. The molecule has 33 heavy (non-hydrogen) atoms. The second-order valence-electron chi connectivity index (χ2n) is 10.7.